The fourth-order valence-electron chi connectivity index (χ4n) is 2.63. The standard InChI is InChI=1S/C13H29N3O2S/c1-5-13(14,6-2)10-15-19(17,18)16-8-11(3)7-12(4)9-16/h11-12,15H,5-10,14H2,1-4H3/t11-,12-/m1/s1. The third-order valence-electron chi connectivity index (χ3n) is 4.19. The van der Waals surface area contributed by atoms with Crippen LogP contribution in [0.25, 0.3) is 0 Å². The summed E-state index contributed by atoms with van der Waals surface area (Å²) >= 11 is 0. The molecule has 1 aliphatic rings. The van der Waals surface area contributed by atoms with Gasteiger partial charge in [-0.3, -0.25) is 0 Å². The van der Waals surface area contributed by atoms with Gasteiger partial charge in [-0.25, -0.2) is 4.72 Å². The Balaban J connectivity index is 2.65. The van der Waals surface area contributed by atoms with Crippen LogP contribution < -0.4 is 10.5 Å². The first kappa shape index (κ1) is 16.9. The van der Waals surface area contributed by atoms with Crippen LogP contribution in [0.5, 0.6) is 0 Å². The lowest BCUT2D eigenvalue weighted by Crippen LogP contribution is -2.54. The molecule has 114 valence electrons. The van der Waals surface area contributed by atoms with E-state index in [2.05, 4.69) is 18.6 Å². The van der Waals surface area contributed by atoms with Crippen molar-refractivity contribution in [2.75, 3.05) is 19.6 Å². The Morgan fingerprint density at radius 1 is 1.21 bits per heavy atom. The van der Waals surface area contributed by atoms with Crippen LogP contribution in [0.3, 0.4) is 0 Å². The number of nitrogens with zero attached hydrogens (tertiary/aromatic N) is 1. The summed E-state index contributed by atoms with van der Waals surface area (Å²) < 4.78 is 28.9. The second-order valence-corrected chi connectivity index (χ2v) is 7.91. The molecule has 0 unspecified atom stereocenters. The number of nitrogens with one attached hydrogen (secondary N) is 1. The van der Waals surface area contributed by atoms with Crippen LogP contribution in [0.4, 0.5) is 0 Å². The first-order valence-electron chi connectivity index (χ1n) is 7.26. The summed E-state index contributed by atoms with van der Waals surface area (Å²) in [5.41, 5.74) is 5.70. The minimum Gasteiger partial charge on any atom is -0.324 e. The van der Waals surface area contributed by atoms with Crippen molar-refractivity contribution >= 4 is 10.2 Å². The molecule has 1 heterocycles. The molecule has 0 spiro atoms. The van der Waals surface area contributed by atoms with Gasteiger partial charge in [-0.2, -0.15) is 12.7 Å². The van der Waals surface area contributed by atoms with E-state index in [0.29, 0.717) is 31.5 Å². The van der Waals surface area contributed by atoms with E-state index in [1.54, 1.807) is 4.31 Å². The van der Waals surface area contributed by atoms with E-state index in [0.717, 1.165) is 19.3 Å². The molecule has 2 atom stereocenters. The average Bonchev–Trinajstić information content (AvgIpc) is 2.35. The minimum atomic E-state index is -3.40. The van der Waals surface area contributed by atoms with E-state index >= 15 is 0 Å². The van der Waals surface area contributed by atoms with Gasteiger partial charge in [0, 0.05) is 25.2 Å². The van der Waals surface area contributed by atoms with E-state index in [1.165, 1.54) is 0 Å². The fraction of sp³-hybridized carbons (Fsp3) is 1.00. The predicted octanol–water partition coefficient (Wildman–Crippen LogP) is 1.32. The molecule has 0 aliphatic carbocycles. The molecule has 0 aromatic rings. The van der Waals surface area contributed by atoms with Gasteiger partial charge in [0.15, 0.2) is 0 Å². The maximum atomic E-state index is 12.3. The van der Waals surface area contributed by atoms with Gasteiger partial charge < -0.3 is 5.73 Å². The van der Waals surface area contributed by atoms with E-state index in [9.17, 15) is 8.42 Å². The molecule has 0 radical (unpaired) electrons. The lowest BCUT2D eigenvalue weighted by atomic mass is 9.94. The van der Waals surface area contributed by atoms with Gasteiger partial charge in [0.25, 0.3) is 10.2 Å². The number of rotatable bonds is 6. The molecule has 0 aromatic carbocycles. The monoisotopic (exact) mass is 291 g/mol. The zero-order valence-corrected chi connectivity index (χ0v) is 13.5. The predicted molar refractivity (Wildman–Crippen MR) is 78.9 cm³/mol. The first-order valence-corrected chi connectivity index (χ1v) is 8.70. The number of hydrogen-bond donors (Lipinski definition) is 2. The van der Waals surface area contributed by atoms with Crippen LogP contribution in [0.1, 0.15) is 47.0 Å². The third-order valence-corrected chi connectivity index (χ3v) is 5.68. The van der Waals surface area contributed by atoms with Gasteiger partial charge in [0.2, 0.25) is 0 Å². The van der Waals surface area contributed by atoms with Crippen molar-refractivity contribution in [1.82, 2.24) is 9.03 Å². The van der Waals surface area contributed by atoms with Gasteiger partial charge in [0.1, 0.15) is 0 Å². The van der Waals surface area contributed by atoms with Crippen molar-refractivity contribution in [2.24, 2.45) is 17.6 Å². The van der Waals surface area contributed by atoms with Gasteiger partial charge in [-0.05, 0) is 31.1 Å². The second kappa shape index (κ2) is 6.52. The van der Waals surface area contributed by atoms with Crippen molar-refractivity contribution < 1.29 is 8.42 Å². The van der Waals surface area contributed by atoms with Crippen LogP contribution in [0.15, 0.2) is 0 Å². The summed E-state index contributed by atoms with van der Waals surface area (Å²) in [5.74, 6) is 0.834. The van der Waals surface area contributed by atoms with Crippen molar-refractivity contribution in [1.29, 1.82) is 0 Å². The number of piperidine rings is 1. The normalized spacial score (nSPS) is 26.6. The van der Waals surface area contributed by atoms with E-state index in [-0.39, 0.29) is 0 Å². The molecule has 0 amide bonds. The Hall–Kier alpha value is -0.170. The summed E-state index contributed by atoms with van der Waals surface area (Å²) in [6.07, 6.45) is 2.62. The molecule has 0 bridgehead atoms. The van der Waals surface area contributed by atoms with Crippen LogP contribution in [0, 0.1) is 11.8 Å². The summed E-state index contributed by atoms with van der Waals surface area (Å²) in [6.45, 7) is 9.70. The molecule has 0 aromatic heterocycles. The first-order chi connectivity index (χ1) is 8.72. The maximum absolute atomic E-state index is 12.3. The van der Waals surface area contributed by atoms with Crippen molar-refractivity contribution in [3.05, 3.63) is 0 Å². The minimum absolute atomic E-state index is 0.307. The van der Waals surface area contributed by atoms with E-state index < -0.39 is 15.7 Å². The molecule has 0 saturated carbocycles. The van der Waals surface area contributed by atoms with Crippen molar-refractivity contribution in [2.45, 2.75) is 52.5 Å². The maximum Gasteiger partial charge on any atom is 0.279 e. The van der Waals surface area contributed by atoms with Crippen LogP contribution in [-0.2, 0) is 10.2 Å². The molecule has 1 saturated heterocycles. The Bertz CT molecular complexity index is 369. The lowest BCUT2D eigenvalue weighted by molar-refractivity contribution is 0.219. The Kier molecular flexibility index (Phi) is 5.79. The summed E-state index contributed by atoms with van der Waals surface area (Å²) in [6, 6.07) is 0. The molecule has 1 aliphatic heterocycles. The lowest BCUT2D eigenvalue weighted by Gasteiger charge is -2.35. The highest BCUT2D eigenvalue weighted by atomic mass is 32.2. The largest absolute Gasteiger partial charge is 0.324 e. The topological polar surface area (TPSA) is 75.4 Å². The van der Waals surface area contributed by atoms with E-state index in [4.69, 9.17) is 5.73 Å². The molecule has 1 rings (SSSR count). The van der Waals surface area contributed by atoms with Gasteiger partial charge in [0.05, 0.1) is 0 Å². The van der Waals surface area contributed by atoms with Crippen molar-refractivity contribution in [3.8, 4) is 0 Å². The Labute approximate surface area is 118 Å². The molecule has 6 heteroatoms. The summed E-state index contributed by atoms with van der Waals surface area (Å²) in [5, 5.41) is 0. The molecule has 19 heavy (non-hydrogen) atoms. The Morgan fingerprint density at radius 2 is 1.68 bits per heavy atom. The molecule has 1 fully saturated rings. The van der Waals surface area contributed by atoms with Crippen LogP contribution in [0.2, 0.25) is 0 Å². The van der Waals surface area contributed by atoms with Crippen molar-refractivity contribution in [3.63, 3.8) is 0 Å². The van der Waals surface area contributed by atoms with Gasteiger partial charge in [-0.1, -0.05) is 27.7 Å². The number of hydrogen-bond acceptors (Lipinski definition) is 3. The van der Waals surface area contributed by atoms with Gasteiger partial charge in [-0.15, -0.1) is 0 Å². The average molecular weight is 291 g/mol. The highest BCUT2D eigenvalue weighted by Crippen LogP contribution is 2.22. The van der Waals surface area contributed by atoms with Gasteiger partial charge >= 0.3 is 0 Å². The van der Waals surface area contributed by atoms with E-state index in [1.807, 2.05) is 13.8 Å². The van der Waals surface area contributed by atoms with Crippen LogP contribution >= 0.6 is 0 Å². The Morgan fingerprint density at radius 3 is 2.11 bits per heavy atom. The molecule has 3 N–H and O–H groups in total. The fourth-order valence-corrected chi connectivity index (χ4v) is 4.18. The quantitative estimate of drug-likeness (QED) is 0.775. The molecular formula is C13H29N3O2S. The number of nitrogens with two attached hydrogens (primary N) is 1. The SMILES string of the molecule is CCC(N)(CC)CNS(=O)(=O)N1C[C@H](C)C[C@@H](C)C1. The zero-order chi connectivity index (χ0) is 14.7. The third kappa shape index (κ3) is 4.70. The van der Waals surface area contributed by atoms with Crippen LogP contribution in [-0.4, -0.2) is 37.9 Å². The molecular weight excluding hydrogens is 262 g/mol. The summed E-state index contributed by atoms with van der Waals surface area (Å²) in [7, 11) is -3.40. The summed E-state index contributed by atoms with van der Waals surface area (Å²) in [4.78, 5) is 0. The smallest absolute Gasteiger partial charge is 0.279 e. The highest BCUT2D eigenvalue weighted by Gasteiger charge is 2.32. The second-order valence-electron chi connectivity index (χ2n) is 6.16. The molecule has 5 nitrogen and oxygen atoms in total. The highest BCUT2D eigenvalue weighted by molar-refractivity contribution is 7.87. The zero-order valence-electron chi connectivity index (χ0n) is 12.6.